The molecule has 0 spiro atoms. The zero-order valence-corrected chi connectivity index (χ0v) is 11.3. The van der Waals surface area contributed by atoms with Crippen molar-refractivity contribution in [2.24, 2.45) is 0 Å². The molecule has 0 saturated heterocycles. The first-order valence-electron chi connectivity index (χ1n) is 6.06. The van der Waals surface area contributed by atoms with Gasteiger partial charge in [0.15, 0.2) is 0 Å². The van der Waals surface area contributed by atoms with Crippen molar-refractivity contribution in [3.8, 4) is 11.1 Å². The van der Waals surface area contributed by atoms with Gasteiger partial charge in [0.2, 0.25) is 0 Å². The van der Waals surface area contributed by atoms with Gasteiger partial charge in [-0.05, 0) is 17.1 Å². The number of aromatic nitrogens is 1. The third-order valence-corrected chi connectivity index (χ3v) is 3.37. The number of benzene rings is 1. The molecule has 2 rings (SSSR count). The van der Waals surface area contributed by atoms with Crippen molar-refractivity contribution in [1.82, 2.24) is 4.37 Å². The molecule has 2 aromatic rings. The van der Waals surface area contributed by atoms with Gasteiger partial charge in [-0.2, -0.15) is 4.37 Å². The first-order valence-corrected chi connectivity index (χ1v) is 6.83. The molecule has 1 aromatic carbocycles. The van der Waals surface area contributed by atoms with Gasteiger partial charge in [0, 0.05) is 6.54 Å². The number of nitrogens with one attached hydrogen (secondary N) is 1. The van der Waals surface area contributed by atoms with Gasteiger partial charge in [0.1, 0.15) is 10.8 Å². The second-order valence-corrected chi connectivity index (χ2v) is 4.67. The van der Waals surface area contributed by atoms with Gasteiger partial charge in [-0.15, -0.1) is 0 Å². The lowest BCUT2D eigenvalue weighted by molar-refractivity contribution is 0.0992. The number of aliphatic hydroxyl groups excluding tert-OH is 1. The smallest absolute Gasteiger partial charge is 0.147 e. The van der Waals surface area contributed by atoms with Gasteiger partial charge in [0.25, 0.3) is 0 Å². The lowest BCUT2D eigenvalue weighted by atomic mass is 10.1. The second-order valence-electron chi connectivity index (χ2n) is 3.90. The van der Waals surface area contributed by atoms with Crippen molar-refractivity contribution < 1.29 is 9.84 Å². The Labute approximate surface area is 116 Å². The average molecular weight is 279 g/mol. The van der Waals surface area contributed by atoms with Crippen LogP contribution in [0.3, 0.4) is 0 Å². The van der Waals surface area contributed by atoms with Crippen LogP contribution in [0.4, 0.5) is 10.8 Å². The third-order valence-electron chi connectivity index (χ3n) is 2.55. The molecule has 5 nitrogen and oxygen atoms in total. The van der Waals surface area contributed by atoms with E-state index in [-0.39, 0.29) is 6.61 Å². The summed E-state index contributed by atoms with van der Waals surface area (Å²) in [6.45, 7) is 1.59. The number of nitrogens with zero attached hydrogens (tertiary/aromatic N) is 1. The zero-order valence-electron chi connectivity index (χ0n) is 10.5. The lowest BCUT2D eigenvalue weighted by Crippen LogP contribution is -2.11. The van der Waals surface area contributed by atoms with Crippen LogP contribution >= 0.6 is 11.5 Å². The van der Waals surface area contributed by atoms with Crippen molar-refractivity contribution in [2.75, 3.05) is 37.4 Å². The quantitative estimate of drug-likeness (QED) is 0.674. The molecule has 102 valence electrons. The molecule has 0 amide bonds. The molecule has 6 heteroatoms. The maximum atomic E-state index is 8.61. The fourth-order valence-electron chi connectivity index (χ4n) is 1.71. The van der Waals surface area contributed by atoms with Gasteiger partial charge in [0.05, 0.1) is 25.4 Å². The molecule has 4 N–H and O–H groups in total. The summed E-state index contributed by atoms with van der Waals surface area (Å²) < 4.78 is 9.38. The van der Waals surface area contributed by atoms with Crippen LogP contribution in [0.5, 0.6) is 0 Å². The summed E-state index contributed by atoms with van der Waals surface area (Å²) in [5.74, 6) is 0.537. The Morgan fingerprint density at radius 3 is 2.79 bits per heavy atom. The number of aliphatic hydroxyl groups is 1. The molecule has 0 bridgehead atoms. The molecule has 0 unspecified atom stereocenters. The highest BCUT2D eigenvalue weighted by atomic mass is 32.1. The van der Waals surface area contributed by atoms with E-state index in [0.29, 0.717) is 25.6 Å². The van der Waals surface area contributed by atoms with Crippen LogP contribution in [0.25, 0.3) is 11.1 Å². The topological polar surface area (TPSA) is 80.4 Å². The van der Waals surface area contributed by atoms with Gasteiger partial charge < -0.3 is 20.9 Å². The molecule has 0 aliphatic heterocycles. The van der Waals surface area contributed by atoms with E-state index in [4.69, 9.17) is 15.6 Å². The number of hydrogen-bond donors (Lipinski definition) is 3. The van der Waals surface area contributed by atoms with Crippen LogP contribution in [0.2, 0.25) is 0 Å². The highest BCUT2D eigenvalue weighted by Crippen LogP contribution is 2.36. The minimum atomic E-state index is 0.0444. The molecule has 0 radical (unpaired) electrons. The van der Waals surface area contributed by atoms with Crippen LogP contribution in [0, 0.1) is 0 Å². The molecule has 0 atom stereocenters. The molecular weight excluding hydrogens is 262 g/mol. The van der Waals surface area contributed by atoms with Crippen molar-refractivity contribution in [3.05, 3.63) is 30.3 Å². The van der Waals surface area contributed by atoms with Gasteiger partial charge in [-0.1, -0.05) is 30.3 Å². The predicted octanol–water partition coefficient (Wildman–Crippen LogP) is 1.81. The van der Waals surface area contributed by atoms with Gasteiger partial charge in [-0.25, -0.2) is 0 Å². The highest BCUT2D eigenvalue weighted by molar-refractivity contribution is 7.11. The first kappa shape index (κ1) is 13.8. The summed E-state index contributed by atoms with van der Waals surface area (Å²) in [6.07, 6.45) is 0. The number of rotatable bonds is 7. The van der Waals surface area contributed by atoms with E-state index in [9.17, 15) is 0 Å². The minimum Gasteiger partial charge on any atom is -0.394 e. The molecule has 0 aliphatic carbocycles. The summed E-state index contributed by atoms with van der Waals surface area (Å²) in [4.78, 5) is 0. The predicted molar refractivity (Wildman–Crippen MR) is 78.4 cm³/mol. The summed E-state index contributed by atoms with van der Waals surface area (Å²) in [7, 11) is 0. The summed E-state index contributed by atoms with van der Waals surface area (Å²) in [5, 5.41) is 12.8. The molecular formula is C13H17N3O2S. The number of nitrogen functional groups attached to an aromatic ring is 1. The van der Waals surface area contributed by atoms with Crippen molar-refractivity contribution in [1.29, 1.82) is 0 Å². The van der Waals surface area contributed by atoms with Gasteiger partial charge in [-0.3, -0.25) is 0 Å². The monoisotopic (exact) mass is 279 g/mol. The van der Waals surface area contributed by atoms with Crippen LogP contribution in [-0.4, -0.2) is 35.8 Å². The van der Waals surface area contributed by atoms with E-state index in [0.717, 1.165) is 16.1 Å². The van der Waals surface area contributed by atoms with Crippen LogP contribution < -0.4 is 11.1 Å². The molecule has 1 aromatic heterocycles. The van der Waals surface area contributed by atoms with E-state index in [2.05, 4.69) is 9.69 Å². The zero-order chi connectivity index (χ0) is 13.5. The van der Waals surface area contributed by atoms with Crippen molar-refractivity contribution in [3.63, 3.8) is 0 Å². The maximum absolute atomic E-state index is 8.61. The second kappa shape index (κ2) is 7.08. The Balaban J connectivity index is 2.02. The van der Waals surface area contributed by atoms with Crippen molar-refractivity contribution >= 4 is 22.4 Å². The standard InChI is InChI=1S/C13H17N3O2S/c14-12-11(10-4-2-1-3-5-10)13(19-16-12)15-6-8-18-9-7-17/h1-5,15,17H,6-9H2,(H2,14,16). The van der Waals surface area contributed by atoms with E-state index in [1.54, 1.807) is 0 Å². The van der Waals surface area contributed by atoms with E-state index in [1.807, 2.05) is 30.3 Å². The molecule has 0 aliphatic rings. The van der Waals surface area contributed by atoms with Crippen molar-refractivity contribution in [2.45, 2.75) is 0 Å². The normalized spacial score (nSPS) is 10.6. The minimum absolute atomic E-state index is 0.0444. The molecule has 0 saturated carbocycles. The third kappa shape index (κ3) is 3.66. The fourth-order valence-corrected chi connectivity index (χ4v) is 2.47. The number of ether oxygens (including phenoxy) is 1. The summed E-state index contributed by atoms with van der Waals surface area (Å²) in [6, 6.07) is 9.93. The number of nitrogens with two attached hydrogens (primary N) is 1. The maximum Gasteiger partial charge on any atom is 0.147 e. The van der Waals surface area contributed by atoms with E-state index >= 15 is 0 Å². The number of anilines is 2. The summed E-state index contributed by atoms with van der Waals surface area (Å²) >= 11 is 1.34. The Bertz CT molecular complexity index is 502. The average Bonchev–Trinajstić information content (AvgIpc) is 2.81. The van der Waals surface area contributed by atoms with E-state index < -0.39 is 0 Å². The van der Waals surface area contributed by atoms with E-state index in [1.165, 1.54) is 11.5 Å². The van der Waals surface area contributed by atoms with Gasteiger partial charge >= 0.3 is 0 Å². The largest absolute Gasteiger partial charge is 0.394 e. The Hall–Kier alpha value is -1.63. The lowest BCUT2D eigenvalue weighted by Gasteiger charge is -2.07. The Morgan fingerprint density at radius 1 is 1.26 bits per heavy atom. The summed E-state index contributed by atoms with van der Waals surface area (Å²) in [5.41, 5.74) is 7.91. The van der Waals surface area contributed by atoms with Crippen LogP contribution in [-0.2, 0) is 4.74 Å². The Kier molecular flexibility index (Phi) is 5.14. The SMILES string of the molecule is Nc1nsc(NCCOCCO)c1-c1ccccc1. The molecule has 0 fully saturated rings. The van der Waals surface area contributed by atoms with Crippen LogP contribution in [0.15, 0.2) is 30.3 Å². The molecule has 1 heterocycles. The number of hydrogen-bond acceptors (Lipinski definition) is 6. The first-order chi connectivity index (χ1) is 9.33. The molecule has 19 heavy (non-hydrogen) atoms. The fraction of sp³-hybridized carbons (Fsp3) is 0.308. The Morgan fingerprint density at radius 2 is 2.05 bits per heavy atom. The highest BCUT2D eigenvalue weighted by Gasteiger charge is 2.12. The van der Waals surface area contributed by atoms with Crippen LogP contribution in [0.1, 0.15) is 0 Å².